The van der Waals surface area contributed by atoms with Gasteiger partial charge in [0, 0.05) is 31.9 Å². The Labute approximate surface area is 131 Å². The molecule has 1 fully saturated rings. The molecular weight excluding hydrogens is 332 g/mol. The third kappa shape index (κ3) is 3.21. The van der Waals surface area contributed by atoms with Gasteiger partial charge >= 0.3 is 0 Å². The van der Waals surface area contributed by atoms with Crippen LogP contribution in [0.2, 0.25) is 0 Å². The number of nitrogens with zero attached hydrogens (tertiary/aromatic N) is 4. The number of aromatic nitrogens is 2. The fourth-order valence-corrected chi connectivity index (χ4v) is 2.60. The molecule has 0 bridgehead atoms. The molecule has 1 aliphatic heterocycles. The number of amides is 1. The van der Waals surface area contributed by atoms with Crippen molar-refractivity contribution in [1.82, 2.24) is 14.9 Å². The summed E-state index contributed by atoms with van der Waals surface area (Å²) in [6.45, 7) is 3.07. The maximum Gasteiger partial charge on any atom is 0.274 e. The molecule has 5 nitrogen and oxygen atoms in total. The molecule has 2 aromatic rings. The van der Waals surface area contributed by atoms with Crippen LogP contribution in [-0.2, 0) is 0 Å². The Morgan fingerprint density at radius 3 is 2.33 bits per heavy atom. The van der Waals surface area contributed by atoms with E-state index >= 15 is 0 Å². The highest BCUT2D eigenvalue weighted by molar-refractivity contribution is 9.10. The van der Waals surface area contributed by atoms with E-state index in [1.165, 1.54) is 11.9 Å². The lowest BCUT2D eigenvalue weighted by Crippen LogP contribution is -2.49. The lowest BCUT2D eigenvalue weighted by molar-refractivity contribution is 0.0740. The third-order valence-electron chi connectivity index (χ3n) is 3.53. The minimum Gasteiger partial charge on any atom is -0.368 e. The minimum absolute atomic E-state index is 0.0530. The molecule has 21 heavy (non-hydrogen) atoms. The summed E-state index contributed by atoms with van der Waals surface area (Å²) in [5.41, 5.74) is 1.60. The smallest absolute Gasteiger partial charge is 0.274 e. The van der Waals surface area contributed by atoms with Gasteiger partial charge in [0.1, 0.15) is 10.3 Å². The second-order valence-corrected chi connectivity index (χ2v) is 5.65. The number of benzene rings is 1. The van der Waals surface area contributed by atoms with Crippen molar-refractivity contribution >= 4 is 27.5 Å². The minimum atomic E-state index is -0.0530. The zero-order chi connectivity index (χ0) is 14.7. The molecule has 108 valence electrons. The Kier molecular flexibility index (Phi) is 4.15. The van der Waals surface area contributed by atoms with Crippen LogP contribution in [0.1, 0.15) is 10.5 Å². The average molecular weight is 347 g/mol. The van der Waals surface area contributed by atoms with E-state index in [4.69, 9.17) is 0 Å². The summed E-state index contributed by atoms with van der Waals surface area (Å²) in [6.07, 6.45) is 3.06. The number of hydrogen-bond donors (Lipinski definition) is 0. The SMILES string of the molecule is O=C(c1cnc(Br)cn1)N1CCN(c2ccccc2)CC1. The zero-order valence-corrected chi connectivity index (χ0v) is 13.0. The van der Waals surface area contributed by atoms with Crippen LogP contribution in [0, 0.1) is 0 Å². The summed E-state index contributed by atoms with van der Waals surface area (Å²) in [4.78, 5) is 24.6. The van der Waals surface area contributed by atoms with Crippen LogP contribution in [-0.4, -0.2) is 47.0 Å². The second kappa shape index (κ2) is 6.22. The predicted molar refractivity (Wildman–Crippen MR) is 84.3 cm³/mol. The third-order valence-corrected chi connectivity index (χ3v) is 3.94. The van der Waals surface area contributed by atoms with E-state index < -0.39 is 0 Å². The lowest BCUT2D eigenvalue weighted by Gasteiger charge is -2.35. The monoisotopic (exact) mass is 346 g/mol. The predicted octanol–water partition coefficient (Wildman–Crippen LogP) is 2.20. The molecule has 0 radical (unpaired) electrons. The number of anilines is 1. The molecule has 2 heterocycles. The molecule has 1 aromatic carbocycles. The van der Waals surface area contributed by atoms with Crippen LogP contribution in [0.25, 0.3) is 0 Å². The van der Waals surface area contributed by atoms with Gasteiger partial charge in [-0.1, -0.05) is 18.2 Å². The average Bonchev–Trinajstić information content (AvgIpc) is 2.56. The first-order valence-electron chi connectivity index (χ1n) is 6.81. The topological polar surface area (TPSA) is 49.3 Å². The number of halogens is 1. The number of rotatable bonds is 2. The molecule has 0 unspecified atom stereocenters. The molecule has 0 N–H and O–H groups in total. The molecular formula is C15H15BrN4O. The van der Waals surface area contributed by atoms with Gasteiger partial charge in [0.15, 0.2) is 0 Å². The van der Waals surface area contributed by atoms with Gasteiger partial charge < -0.3 is 9.80 Å². The van der Waals surface area contributed by atoms with Crippen LogP contribution in [0.15, 0.2) is 47.3 Å². The van der Waals surface area contributed by atoms with Gasteiger partial charge in [-0.15, -0.1) is 0 Å². The molecule has 0 atom stereocenters. The number of carbonyl (C=O) groups is 1. The summed E-state index contributed by atoms with van der Waals surface area (Å²) in [7, 11) is 0. The van der Waals surface area contributed by atoms with Gasteiger partial charge in [0.25, 0.3) is 5.91 Å². The van der Waals surface area contributed by atoms with Gasteiger partial charge in [-0.05, 0) is 28.1 Å². The maximum atomic E-state index is 12.3. The number of hydrogen-bond acceptors (Lipinski definition) is 4. The fourth-order valence-electron chi connectivity index (χ4n) is 2.39. The highest BCUT2D eigenvalue weighted by Gasteiger charge is 2.23. The van der Waals surface area contributed by atoms with Crippen molar-refractivity contribution < 1.29 is 4.79 Å². The molecule has 6 heteroatoms. The van der Waals surface area contributed by atoms with E-state index in [1.807, 2.05) is 23.1 Å². The first-order chi connectivity index (χ1) is 10.2. The molecule has 1 saturated heterocycles. The molecule has 3 rings (SSSR count). The van der Waals surface area contributed by atoms with E-state index in [0.29, 0.717) is 23.4 Å². The largest absolute Gasteiger partial charge is 0.368 e. The van der Waals surface area contributed by atoms with Crippen LogP contribution in [0.5, 0.6) is 0 Å². The Morgan fingerprint density at radius 2 is 1.71 bits per heavy atom. The van der Waals surface area contributed by atoms with Gasteiger partial charge in [-0.2, -0.15) is 0 Å². The van der Waals surface area contributed by atoms with Gasteiger partial charge in [0.2, 0.25) is 0 Å². The Hall–Kier alpha value is -1.95. The fraction of sp³-hybridized carbons (Fsp3) is 0.267. The Balaban J connectivity index is 1.63. The summed E-state index contributed by atoms with van der Waals surface area (Å²) in [5, 5.41) is 0. The second-order valence-electron chi connectivity index (χ2n) is 4.84. The highest BCUT2D eigenvalue weighted by atomic mass is 79.9. The van der Waals surface area contributed by atoms with Crippen molar-refractivity contribution in [3.63, 3.8) is 0 Å². The van der Waals surface area contributed by atoms with Crippen molar-refractivity contribution in [3.8, 4) is 0 Å². The molecule has 1 aromatic heterocycles. The summed E-state index contributed by atoms with van der Waals surface area (Å²) < 4.78 is 0.632. The first kappa shape index (κ1) is 14.0. The molecule has 0 spiro atoms. The van der Waals surface area contributed by atoms with E-state index in [0.717, 1.165) is 13.1 Å². The number of piperazine rings is 1. The number of carbonyl (C=O) groups excluding carboxylic acids is 1. The Bertz CT molecular complexity index is 609. The molecule has 1 amide bonds. The molecule has 0 aliphatic carbocycles. The lowest BCUT2D eigenvalue weighted by atomic mass is 10.2. The van der Waals surface area contributed by atoms with Crippen molar-refractivity contribution in [3.05, 3.63) is 53.0 Å². The van der Waals surface area contributed by atoms with E-state index in [2.05, 4.69) is 42.9 Å². The number of para-hydroxylation sites is 1. The quantitative estimate of drug-likeness (QED) is 0.836. The van der Waals surface area contributed by atoms with E-state index in [1.54, 1.807) is 6.20 Å². The van der Waals surface area contributed by atoms with Crippen molar-refractivity contribution in [2.75, 3.05) is 31.1 Å². The van der Waals surface area contributed by atoms with Crippen molar-refractivity contribution in [1.29, 1.82) is 0 Å². The summed E-state index contributed by atoms with van der Waals surface area (Å²) in [6, 6.07) is 10.3. The summed E-state index contributed by atoms with van der Waals surface area (Å²) in [5.74, 6) is -0.0530. The zero-order valence-electron chi connectivity index (χ0n) is 11.4. The van der Waals surface area contributed by atoms with E-state index in [9.17, 15) is 4.79 Å². The van der Waals surface area contributed by atoms with Crippen LogP contribution in [0.4, 0.5) is 5.69 Å². The van der Waals surface area contributed by atoms with Gasteiger partial charge in [0.05, 0.1) is 12.4 Å². The van der Waals surface area contributed by atoms with Gasteiger partial charge in [-0.3, -0.25) is 4.79 Å². The van der Waals surface area contributed by atoms with Crippen molar-refractivity contribution in [2.45, 2.75) is 0 Å². The van der Waals surface area contributed by atoms with Crippen molar-refractivity contribution in [2.24, 2.45) is 0 Å². The molecule has 0 saturated carbocycles. The maximum absolute atomic E-state index is 12.3. The molecule has 1 aliphatic rings. The van der Waals surface area contributed by atoms with Gasteiger partial charge in [-0.25, -0.2) is 9.97 Å². The van der Waals surface area contributed by atoms with Crippen LogP contribution in [0.3, 0.4) is 0 Å². The van der Waals surface area contributed by atoms with Crippen LogP contribution < -0.4 is 4.90 Å². The van der Waals surface area contributed by atoms with E-state index in [-0.39, 0.29) is 5.91 Å². The van der Waals surface area contributed by atoms with Crippen LogP contribution >= 0.6 is 15.9 Å². The highest BCUT2D eigenvalue weighted by Crippen LogP contribution is 2.16. The summed E-state index contributed by atoms with van der Waals surface area (Å²) >= 11 is 3.22. The standard InChI is InChI=1S/C15H15BrN4O/c16-14-11-17-13(10-18-14)15(21)20-8-6-19(7-9-20)12-4-2-1-3-5-12/h1-5,10-11H,6-9H2. The normalized spacial score (nSPS) is 15.1. The first-order valence-corrected chi connectivity index (χ1v) is 7.60. The Morgan fingerprint density at radius 1 is 1.00 bits per heavy atom.